The summed E-state index contributed by atoms with van der Waals surface area (Å²) in [6, 6.07) is 8.60. The Hall–Kier alpha value is -1.32. The maximum atomic E-state index is 5.51. The largest absolute Gasteiger partial charge is 0.361 e. The SMILES string of the molecule is CN(CCN)Cc1ccc2[nH]ccc2c1. The van der Waals surface area contributed by atoms with Gasteiger partial charge < -0.3 is 15.6 Å². The zero-order valence-electron chi connectivity index (χ0n) is 9.03. The van der Waals surface area contributed by atoms with Crippen LogP contribution in [-0.4, -0.2) is 30.0 Å². The lowest BCUT2D eigenvalue weighted by molar-refractivity contribution is 0.336. The quantitative estimate of drug-likeness (QED) is 0.792. The minimum Gasteiger partial charge on any atom is -0.361 e. The molecule has 0 spiro atoms. The van der Waals surface area contributed by atoms with Crippen molar-refractivity contribution in [3.05, 3.63) is 36.0 Å². The van der Waals surface area contributed by atoms with Crippen molar-refractivity contribution >= 4 is 10.9 Å². The fourth-order valence-electron chi connectivity index (χ4n) is 1.81. The third-order valence-electron chi connectivity index (χ3n) is 2.58. The molecule has 3 N–H and O–H groups in total. The molecule has 0 atom stereocenters. The summed E-state index contributed by atoms with van der Waals surface area (Å²) in [6.45, 7) is 2.60. The van der Waals surface area contributed by atoms with E-state index in [1.165, 1.54) is 16.5 Å². The molecule has 3 heteroatoms. The molecule has 0 unspecified atom stereocenters. The van der Waals surface area contributed by atoms with E-state index in [1.54, 1.807) is 0 Å². The van der Waals surface area contributed by atoms with Crippen LogP contribution in [0.3, 0.4) is 0 Å². The zero-order valence-corrected chi connectivity index (χ0v) is 9.03. The predicted octanol–water partition coefficient (Wildman–Crippen LogP) is 1.56. The standard InChI is InChI=1S/C12H17N3/c1-15(7-5-13)9-10-2-3-12-11(8-10)4-6-14-12/h2-4,6,8,14H,5,7,9,13H2,1H3. The van der Waals surface area contributed by atoms with E-state index in [-0.39, 0.29) is 0 Å². The van der Waals surface area contributed by atoms with Crippen LogP contribution in [-0.2, 0) is 6.54 Å². The molecule has 0 amide bonds. The third-order valence-corrected chi connectivity index (χ3v) is 2.58. The van der Waals surface area contributed by atoms with Gasteiger partial charge in [0.25, 0.3) is 0 Å². The van der Waals surface area contributed by atoms with Crippen LogP contribution in [0.25, 0.3) is 10.9 Å². The first-order valence-electron chi connectivity index (χ1n) is 5.24. The molecule has 1 heterocycles. The minimum atomic E-state index is 0.711. The second kappa shape index (κ2) is 4.47. The lowest BCUT2D eigenvalue weighted by Crippen LogP contribution is -2.24. The molecule has 0 aliphatic heterocycles. The van der Waals surface area contributed by atoms with Crippen LogP contribution in [0, 0.1) is 0 Å². The van der Waals surface area contributed by atoms with E-state index in [0.717, 1.165) is 13.1 Å². The van der Waals surface area contributed by atoms with Crippen molar-refractivity contribution in [1.82, 2.24) is 9.88 Å². The number of aromatic nitrogens is 1. The van der Waals surface area contributed by atoms with Crippen molar-refractivity contribution in [2.24, 2.45) is 5.73 Å². The maximum Gasteiger partial charge on any atom is 0.0454 e. The Kier molecular flexibility index (Phi) is 3.04. The molecule has 1 aromatic carbocycles. The number of fused-ring (bicyclic) bond motifs is 1. The Labute approximate surface area is 89.9 Å². The fraction of sp³-hybridized carbons (Fsp3) is 0.333. The van der Waals surface area contributed by atoms with Gasteiger partial charge in [-0.25, -0.2) is 0 Å². The predicted molar refractivity (Wildman–Crippen MR) is 63.7 cm³/mol. The molecular formula is C12H17N3. The van der Waals surface area contributed by atoms with Crippen molar-refractivity contribution < 1.29 is 0 Å². The molecule has 0 radical (unpaired) electrons. The van der Waals surface area contributed by atoms with Gasteiger partial charge in [-0.1, -0.05) is 6.07 Å². The van der Waals surface area contributed by atoms with Gasteiger partial charge in [-0.2, -0.15) is 0 Å². The van der Waals surface area contributed by atoms with Gasteiger partial charge in [0.15, 0.2) is 0 Å². The topological polar surface area (TPSA) is 45.0 Å². The highest BCUT2D eigenvalue weighted by Crippen LogP contribution is 2.15. The lowest BCUT2D eigenvalue weighted by atomic mass is 10.1. The third kappa shape index (κ3) is 2.37. The normalized spacial score (nSPS) is 11.4. The Balaban J connectivity index is 2.14. The first-order chi connectivity index (χ1) is 7.29. The summed E-state index contributed by atoms with van der Waals surface area (Å²) in [5, 5.41) is 1.27. The molecule has 0 saturated heterocycles. The van der Waals surface area contributed by atoms with Gasteiger partial charge in [-0.3, -0.25) is 0 Å². The van der Waals surface area contributed by atoms with Gasteiger partial charge in [-0.15, -0.1) is 0 Å². The summed E-state index contributed by atoms with van der Waals surface area (Å²) in [7, 11) is 2.09. The number of rotatable bonds is 4. The average Bonchev–Trinajstić information content (AvgIpc) is 2.65. The van der Waals surface area contributed by atoms with Crippen molar-refractivity contribution in [2.45, 2.75) is 6.54 Å². The van der Waals surface area contributed by atoms with Gasteiger partial charge in [-0.05, 0) is 36.2 Å². The van der Waals surface area contributed by atoms with Crippen LogP contribution >= 0.6 is 0 Å². The number of nitrogens with two attached hydrogens (primary N) is 1. The van der Waals surface area contributed by atoms with Gasteiger partial charge in [0.05, 0.1) is 0 Å². The van der Waals surface area contributed by atoms with Gasteiger partial charge >= 0.3 is 0 Å². The number of aromatic amines is 1. The van der Waals surface area contributed by atoms with Crippen molar-refractivity contribution in [1.29, 1.82) is 0 Å². The van der Waals surface area contributed by atoms with E-state index in [4.69, 9.17) is 5.73 Å². The van der Waals surface area contributed by atoms with Crippen molar-refractivity contribution in [3.63, 3.8) is 0 Å². The van der Waals surface area contributed by atoms with E-state index < -0.39 is 0 Å². The molecule has 80 valence electrons. The number of benzene rings is 1. The van der Waals surface area contributed by atoms with E-state index in [1.807, 2.05) is 6.20 Å². The van der Waals surface area contributed by atoms with Gasteiger partial charge in [0.1, 0.15) is 0 Å². The first-order valence-corrected chi connectivity index (χ1v) is 5.24. The van der Waals surface area contributed by atoms with E-state index >= 15 is 0 Å². The minimum absolute atomic E-state index is 0.711. The van der Waals surface area contributed by atoms with Crippen LogP contribution in [0.2, 0.25) is 0 Å². The second-order valence-corrected chi connectivity index (χ2v) is 3.93. The molecule has 15 heavy (non-hydrogen) atoms. The monoisotopic (exact) mass is 203 g/mol. The number of hydrogen-bond donors (Lipinski definition) is 2. The fourth-order valence-corrected chi connectivity index (χ4v) is 1.81. The maximum absolute atomic E-state index is 5.51. The van der Waals surface area contributed by atoms with Gasteiger partial charge in [0.2, 0.25) is 0 Å². The zero-order chi connectivity index (χ0) is 10.7. The number of hydrogen-bond acceptors (Lipinski definition) is 2. The number of H-pyrrole nitrogens is 1. The Bertz CT molecular complexity index is 433. The summed E-state index contributed by atoms with van der Waals surface area (Å²) in [4.78, 5) is 5.42. The van der Waals surface area contributed by atoms with Crippen LogP contribution in [0.4, 0.5) is 0 Å². The van der Waals surface area contributed by atoms with Crippen molar-refractivity contribution in [3.8, 4) is 0 Å². The Morgan fingerprint density at radius 3 is 3.00 bits per heavy atom. The van der Waals surface area contributed by atoms with Crippen LogP contribution in [0.5, 0.6) is 0 Å². The molecule has 0 saturated carbocycles. The summed E-state index contributed by atoms with van der Waals surface area (Å²) in [6.07, 6.45) is 1.97. The highest BCUT2D eigenvalue weighted by Gasteiger charge is 2.00. The molecule has 2 aromatic rings. The second-order valence-electron chi connectivity index (χ2n) is 3.93. The smallest absolute Gasteiger partial charge is 0.0454 e. The molecule has 0 aliphatic carbocycles. The summed E-state index contributed by atoms with van der Waals surface area (Å²) in [5.74, 6) is 0. The molecule has 0 fully saturated rings. The molecule has 3 nitrogen and oxygen atoms in total. The molecule has 0 aliphatic rings. The highest BCUT2D eigenvalue weighted by molar-refractivity contribution is 5.79. The summed E-state index contributed by atoms with van der Waals surface area (Å²) >= 11 is 0. The molecular weight excluding hydrogens is 186 g/mol. The number of nitrogens with one attached hydrogen (secondary N) is 1. The summed E-state index contributed by atoms with van der Waals surface area (Å²) in [5.41, 5.74) is 8.04. The molecule has 0 bridgehead atoms. The van der Waals surface area contributed by atoms with E-state index in [2.05, 4.69) is 41.2 Å². The van der Waals surface area contributed by atoms with Gasteiger partial charge in [0, 0.05) is 31.3 Å². The lowest BCUT2D eigenvalue weighted by Gasteiger charge is -2.15. The Morgan fingerprint density at radius 1 is 1.33 bits per heavy atom. The molecule has 1 aromatic heterocycles. The van der Waals surface area contributed by atoms with E-state index in [0.29, 0.717) is 6.54 Å². The first kappa shape index (κ1) is 10.2. The molecule has 2 rings (SSSR count). The number of nitrogens with zero attached hydrogens (tertiary/aromatic N) is 1. The highest BCUT2D eigenvalue weighted by atomic mass is 15.1. The number of likely N-dealkylation sites (N-methyl/N-ethyl adjacent to an activating group) is 1. The van der Waals surface area contributed by atoms with Crippen LogP contribution in [0.1, 0.15) is 5.56 Å². The van der Waals surface area contributed by atoms with Crippen LogP contribution < -0.4 is 5.73 Å². The Morgan fingerprint density at radius 2 is 2.20 bits per heavy atom. The summed E-state index contributed by atoms with van der Waals surface area (Å²) < 4.78 is 0. The van der Waals surface area contributed by atoms with Crippen LogP contribution in [0.15, 0.2) is 30.5 Å². The van der Waals surface area contributed by atoms with E-state index in [9.17, 15) is 0 Å². The average molecular weight is 203 g/mol. The van der Waals surface area contributed by atoms with Crippen molar-refractivity contribution in [2.75, 3.05) is 20.1 Å².